The zero-order valence-corrected chi connectivity index (χ0v) is 25.0. The Bertz CT molecular complexity index is 1800. The molecule has 0 spiro atoms. The van der Waals surface area contributed by atoms with Gasteiger partial charge in [-0.2, -0.15) is 10.1 Å². The zero-order chi connectivity index (χ0) is 31.8. The molecule has 16 heteroatoms. The Morgan fingerprint density at radius 1 is 1.27 bits per heavy atom. The molecule has 0 aliphatic carbocycles. The number of aliphatic hydroxyl groups is 2. The number of hydrogen-bond acceptors (Lipinski definition) is 12. The van der Waals surface area contributed by atoms with Gasteiger partial charge < -0.3 is 29.9 Å². The van der Waals surface area contributed by atoms with Crippen LogP contribution in [0.1, 0.15) is 27.0 Å². The summed E-state index contributed by atoms with van der Waals surface area (Å²) in [6.07, 6.45) is -2.66. The van der Waals surface area contributed by atoms with Gasteiger partial charge in [0.25, 0.3) is 5.56 Å². The van der Waals surface area contributed by atoms with Crippen LogP contribution in [-0.2, 0) is 23.4 Å². The maximum atomic E-state index is 14.3. The van der Waals surface area contributed by atoms with Gasteiger partial charge in [-0.05, 0) is 32.2 Å². The second-order valence-corrected chi connectivity index (χ2v) is 12.2. The second kappa shape index (κ2) is 12.1. The quantitative estimate of drug-likeness (QED) is 0.0916. The lowest BCUT2D eigenvalue weighted by Crippen LogP contribution is -2.46. The highest BCUT2D eigenvalue weighted by Crippen LogP contribution is 2.49. The molecule has 5 rings (SSSR count). The van der Waals surface area contributed by atoms with Crippen molar-refractivity contribution in [1.82, 2.24) is 24.6 Å². The number of rotatable bonds is 11. The highest BCUT2D eigenvalue weighted by molar-refractivity contribution is 7.52. The predicted octanol–water partition coefficient (Wildman–Crippen LogP) is 2.16. The van der Waals surface area contributed by atoms with E-state index in [1.807, 2.05) is 18.2 Å². The molecule has 2 aromatic carbocycles. The molecule has 1 aliphatic heterocycles. The number of carbonyl (C=O) groups excluding carboxylic acids is 1. The van der Waals surface area contributed by atoms with Gasteiger partial charge in [-0.1, -0.05) is 42.5 Å². The van der Waals surface area contributed by atoms with E-state index in [0.29, 0.717) is 5.39 Å². The van der Waals surface area contributed by atoms with Crippen molar-refractivity contribution in [3.8, 4) is 5.75 Å². The first kappa shape index (κ1) is 31.3. The average Bonchev–Trinajstić information content (AvgIpc) is 3.50. The first-order chi connectivity index (χ1) is 20.9. The number of ether oxygens (including phenoxy) is 2. The molecule has 0 radical (unpaired) electrons. The highest BCUT2D eigenvalue weighted by Gasteiger charge is 2.55. The summed E-state index contributed by atoms with van der Waals surface area (Å²) in [5.74, 6) is -0.705. The number of aromatic nitrogens is 4. The molecule has 1 unspecified atom stereocenters. The maximum absolute atomic E-state index is 14.3. The van der Waals surface area contributed by atoms with Gasteiger partial charge in [0.15, 0.2) is 17.4 Å². The van der Waals surface area contributed by atoms with Crippen molar-refractivity contribution in [2.75, 3.05) is 12.3 Å². The van der Waals surface area contributed by atoms with Crippen molar-refractivity contribution in [2.24, 2.45) is 0 Å². The Morgan fingerprint density at radius 2 is 2.00 bits per heavy atom. The van der Waals surface area contributed by atoms with Crippen molar-refractivity contribution >= 4 is 41.6 Å². The Morgan fingerprint density at radius 3 is 2.73 bits per heavy atom. The van der Waals surface area contributed by atoms with E-state index in [9.17, 15) is 24.4 Å². The summed E-state index contributed by atoms with van der Waals surface area (Å²) in [6, 6.07) is 11.2. The number of benzene rings is 2. The van der Waals surface area contributed by atoms with Crippen LogP contribution in [0, 0.1) is 0 Å². The van der Waals surface area contributed by atoms with E-state index in [-0.39, 0.29) is 22.9 Å². The molecule has 2 aromatic heterocycles. The van der Waals surface area contributed by atoms with Gasteiger partial charge in [0.1, 0.15) is 29.6 Å². The molecule has 4 aromatic rings. The smallest absolute Gasteiger partial charge is 0.459 e. The third-order valence-corrected chi connectivity index (χ3v) is 8.62. The number of esters is 1. The number of nitrogens with one attached hydrogen (secondary N) is 2. The van der Waals surface area contributed by atoms with Gasteiger partial charge in [-0.15, -0.1) is 6.58 Å². The van der Waals surface area contributed by atoms with Crippen LogP contribution in [0.2, 0.25) is 0 Å². The van der Waals surface area contributed by atoms with E-state index in [1.54, 1.807) is 38.1 Å². The Kier molecular flexibility index (Phi) is 8.62. The largest absolute Gasteiger partial charge is 0.462 e. The molecular formula is C28H33N6O9P. The molecule has 6 atom stereocenters. The summed E-state index contributed by atoms with van der Waals surface area (Å²) >= 11 is 0. The topological polar surface area (TPSA) is 213 Å². The van der Waals surface area contributed by atoms with E-state index in [4.69, 9.17) is 24.3 Å². The first-order valence-corrected chi connectivity index (χ1v) is 15.2. The molecule has 234 valence electrons. The summed E-state index contributed by atoms with van der Waals surface area (Å²) in [5.41, 5.74) is 3.15. The molecule has 44 heavy (non-hydrogen) atoms. The molecule has 1 aliphatic rings. The number of H-pyrrole nitrogens is 1. The first-order valence-electron chi connectivity index (χ1n) is 13.7. The molecule has 1 saturated heterocycles. The van der Waals surface area contributed by atoms with Gasteiger partial charge in [0, 0.05) is 5.39 Å². The number of nitrogen functional groups attached to an aromatic ring is 1. The maximum Gasteiger partial charge on any atom is 0.459 e. The number of imidazole rings is 1. The standard InChI is InChI=1S/C28H33N6O9P/c1-5-28(22(36)21(35)25(42-28)34-14-30-20-23(34)31-27(29)32-24(20)37)13-40-44(39,33-16(4)26(38)41-15(2)3)43-19-12-8-10-17-9-6-7-11-18(17)19/h5-12,14-16,21-22,25,35-36H,1,13H2,2-4H3,(H,33,39)(H3,29,31,32,37)/t16-,21+,22-,25+,28+,44?/m0/s1. The van der Waals surface area contributed by atoms with Crippen LogP contribution in [0.5, 0.6) is 5.75 Å². The van der Waals surface area contributed by atoms with Crippen LogP contribution < -0.4 is 20.9 Å². The minimum atomic E-state index is -4.45. The lowest BCUT2D eigenvalue weighted by molar-refractivity contribution is -0.149. The monoisotopic (exact) mass is 628 g/mol. The second-order valence-electron chi connectivity index (χ2n) is 10.6. The fraction of sp³-hybridized carbons (Fsp3) is 0.357. The van der Waals surface area contributed by atoms with Crippen molar-refractivity contribution in [3.63, 3.8) is 0 Å². The van der Waals surface area contributed by atoms with Crippen LogP contribution in [-0.4, -0.2) is 72.3 Å². The SMILES string of the molecule is C=C[C@]1(COP(=O)(N[C@@H](C)C(=O)OC(C)C)Oc2cccc3ccccc23)O[C@@H](n2cnc3c(=O)[nH]c(N)nc32)[C@H](O)[C@@H]1O. The molecule has 1 fully saturated rings. The minimum absolute atomic E-state index is 0.00704. The number of nitrogens with two attached hydrogens (primary N) is 1. The highest BCUT2D eigenvalue weighted by atomic mass is 31.2. The number of nitrogens with zero attached hydrogens (tertiary/aromatic N) is 3. The van der Waals surface area contributed by atoms with E-state index in [1.165, 1.54) is 23.9 Å². The Labute approximate surface area is 251 Å². The van der Waals surface area contributed by atoms with Crippen LogP contribution in [0.15, 0.2) is 66.2 Å². The van der Waals surface area contributed by atoms with Crippen LogP contribution in [0.4, 0.5) is 5.95 Å². The predicted molar refractivity (Wildman–Crippen MR) is 160 cm³/mol. The molecule has 3 heterocycles. The van der Waals surface area contributed by atoms with E-state index in [2.05, 4.69) is 26.6 Å². The van der Waals surface area contributed by atoms with Crippen LogP contribution >= 0.6 is 7.75 Å². The van der Waals surface area contributed by atoms with Crippen molar-refractivity contribution in [2.45, 2.75) is 57.0 Å². The Hall–Kier alpha value is -4.11. The lowest BCUT2D eigenvalue weighted by atomic mass is 9.96. The number of hydrogen-bond donors (Lipinski definition) is 5. The van der Waals surface area contributed by atoms with Gasteiger partial charge in [0.2, 0.25) is 5.95 Å². The van der Waals surface area contributed by atoms with E-state index in [0.717, 1.165) is 5.39 Å². The summed E-state index contributed by atoms with van der Waals surface area (Å²) < 4.78 is 38.6. The summed E-state index contributed by atoms with van der Waals surface area (Å²) in [6.45, 7) is 7.85. The number of aromatic amines is 1. The van der Waals surface area contributed by atoms with Crippen LogP contribution in [0.3, 0.4) is 0 Å². The zero-order valence-electron chi connectivity index (χ0n) is 24.1. The van der Waals surface area contributed by atoms with Crippen LogP contribution in [0.25, 0.3) is 21.9 Å². The van der Waals surface area contributed by atoms with Gasteiger partial charge in [-0.3, -0.25) is 23.7 Å². The van der Waals surface area contributed by atoms with Gasteiger partial charge in [-0.25, -0.2) is 9.55 Å². The third kappa shape index (κ3) is 5.98. The third-order valence-electron chi connectivity index (χ3n) is 7.01. The minimum Gasteiger partial charge on any atom is -0.462 e. The number of fused-ring (bicyclic) bond motifs is 2. The lowest BCUT2D eigenvalue weighted by Gasteiger charge is -2.31. The fourth-order valence-electron chi connectivity index (χ4n) is 4.81. The number of carbonyl (C=O) groups is 1. The van der Waals surface area contributed by atoms with E-state index >= 15 is 0 Å². The Balaban J connectivity index is 1.46. The van der Waals surface area contributed by atoms with Crippen molar-refractivity contribution < 1.29 is 38.1 Å². The van der Waals surface area contributed by atoms with Crippen molar-refractivity contribution in [1.29, 1.82) is 0 Å². The molecular weight excluding hydrogens is 595 g/mol. The molecule has 0 amide bonds. The van der Waals surface area contributed by atoms with Gasteiger partial charge >= 0.3 is 13.7 Å². The summed E-state index contributed by atoms with van der Waals surface area (Å²) in [4.78, 5) is 35.3. The summed E-state index contributed by atoms with van der Waals surface area (Å²) in [7, 11) is -4.45. The molecule has 0 saturated carbocycles. The molecule has 6 N–H and O–H groups in total. The average molecular weight is 629 g/mol. The van der Waals surface area contributed by atoms with Crippen molar-refractivity contribution in [3.05, 3.63) is 71.8 Å². The van der Waals surface area contributed by atoms with E-state index < -0.39 is 62.1 Å². The molecule has 15 nitrogen and oxygen atoms in total. The fourth-order valence-corrected chi connectivity index (χ4v) is 6.36. The molecule has 0 bridgehead atoms. The number of aliphatic hydroxyl groups excluding tert-OH is 2. The summed E-state index contributed by atoms with van der Waals surface area (Å²) in [5, 5.41) is 26.2. The normalized spacial score (nSPS) is 23.9. The van der Waals surface area contributed by atoms with Gasteiger partial charge in [0.05, 0.1) is 19.0 Å². The number of anilines is 1.